The number of hydrogen-bond donors (Lipinski definition) is 1. The number of rotatable bonds is 4. The summed E-state index contributed by atoms with van der Waals surface area (Å²) >= 11 is 3.43. The summed E-state index contributed by atoms with van der Waals surface area (Å²) in [7, 11) is 0. The van der Waals surface area contributed by atoms with Gasteiger partial charge >= 0.3 is 0 Å². The van der Waals surface area contributed by atoms with Crippen molar-refractivity contribution in [2.45, 2.75) is 18.4 Å². The summed E-state index contributed by atoms with van der Waals surface area (Å²) in [4.78, 5) is 9.91. The average Bonchev–Trinajstić information content (AvgIpc) is 2.90. The van der Waals surface area contributed by atoms with Gasteiger partial charge in [0.25, 0.3) is 0 Å². The van der Waals surface area contributed by atoms with E-state index >= 15 is 0 Å². The molecule has 2 aromatic heterocycles. The fraction of sp³-hybridized carbons (Fsp3) is 0.200. The molecule has 102 valence electrons. The second kappa shape index (κ2) is 5.81. The standard InChI is InChI=1S/C15H15N3S2/c1-10-4-2-3-5-11(10)8-19-9-13-17-14(16)12-6-7-20-15(12)18-13/h2-7H,8-9H2,1H3,(H2,16,17,18). The summed E-state index contributed by atoms with van der Waals surface area (Å²) in [6.45, 7) is 2.14. The van der Waals surface area contributed by atoms with E-state index in [0.717, 1.165) is 27.5 Å². The Hall–Kier alpha value is -1.59. The average molecular weight is 301 g/mol. The van der Waals surface area contributed by atoms with Crippen molar-refractivity contribution in [2.24, 2.45) is 0 Å². The Morgan fingerprint density at radius 3 is 2.85 bits per heavy atom. The van der Waals surface area contributed by atoms with Crippen LogP contribution >= 0.6 is 23.1 Å². The number of nitrogen functional groups attached to an aromatic ring is 1. The Morgan fingerprint density at radius 2 is 2.00 bits per heavy atom. The van der Waals surface area contributed by atoms with Crippen LogP contribution in [-0.4, -0.2) is 9.97 Å². The molecular formula is C15H15N3S2. The first-order valence-corrected chi connectivity index (χ1v) is 8.39. The molecule has 5 heteroatoms. The van der Waals surface area contributed by atoms with E-state index < -0.39 is 0 Å². The minimum absolute atomic E-state index is 0.586. The fourth-order valence-electron chi connectivity index (χ4n) is 2.01. The van der Waals surface area contributed by atoms with Gasteiger partial charge in [-0.2, -0.15) is 0 Å². The van der Waals surface area contributed by atoms with Crippen molar-refractivity contribution in [1.29, 1.82) is 0 Å². The van der Waals surface area contributed by atoms with E-state index in [-0.39, 0.29) is 0 Å². The highest BCUT2D eigenvalue weighted by Crippen LogP contribution is 2.25. The molecule has 0 aliphatic carbocycles. The summed E-state index contributed by atoms with van der Waals surface area (Å²) in [6.07, 6.45) is 0. The first kappa shape index (κ1) is 13.4. The number of nitrogens with two attached hydrogens (primary N) is 1. The molecule has 0 amide bonds. The third-order valence-corrected chi connectivity index (χ3v) is 4.93. The highest BCUT2D eigenvalue weighted by molar-refractivity contribution is 7.97. The third-order valence-electron chi connectivity index (χ3n) is 3.15. The van der Waals surface area contributed by atoms with Crippen LogP contribution in [0, 0.1) is 6.92 Å². The second-order valence-electron chi connectivity index (χ2n) is 4.58. The van der Waals surface area contributed by atoms with Crippen LogP contribution < -0.4 is 5.73 Å². The number of aryl methyl sites for hydroxylation is 1. The lowest BCUT2D eigenvalue weighted by Gasteiger charge is -2.05. The number of thiophene rings is 1. The van der Waals surface area contributed by atoms with Crippen molar-refractivity contribution in [3.05, 3.63) is 52.7 Å². The van der Waals surface area contributed by atoms with Crippen molar-refractivity contribution in [2.75, 3.05) is 5.73 Å². The number of anilines is 1. The molecule has 0 fully saturated rings. The Kier molecular flexibility index (Phi) is 3.89. The molecule has 0 radical (unpaired) electrons. The van der Waals surface area contributed by atoms with Gasteiger partial charge in [0, 0.05) is 5.75 Å². The first-order chi connectivity index (χ1) is 9.74. The van der Waals surface area contributed by atoms with Gasteiger partial charge in [-0.1, -0.05) is 24.3 Å². The van der Waals surface area contributed by atoms with Crippen LogP contribution in [0.4, 0.5) is 5.82 Å². The zero-order valence-electron chi connectivity index (χ0n) is 11.2. The van der Waals surface area contributed by atoms with Crippen LogP contribution in [0.15, 0.2) is 35.7 Å². The quantitative estimate of drug-likeness (QED) is 0.791. The predicted octanol–water partition coefficient (Wildman–Crippen LogP) is 4.02. The van der Waals surface area contributed by atoms with Crippen molar-refractivity contribution >= 4 is 39.1 Å². The van der Waals surface area contributed by atoms with Gasteiger partial charge in [0.1, 0.15) is 16.5 Å². The van der Waals surface area contributed by atoms with Crippen LogP contribution in [0.5, 0.6) is 0 Å². The third kappa shape index (κ3) is 2.78. The van der Waals surface area contributed by atoms with E-state index in [0.29, 0.717) is 5.82 Å². The van der Waals surface area contributed by atoms with Crippen molar-refractivity contribution in [1.82, 2.24) is 9.97 Å². The molecule has 3 aromatic rings. The molecule has 3 nitrogen and oxygen atoms in total. The van der Waals surface area contributed by atoms with Crippen molar-refractivity contribution in [3.63, 3.8) is 0 Å². The number of fused-ring (bicyclic) bond motifs is 1. The summed E-state index contributed by atoms with van der Waals surface area (Å²) in [5.41, 5.74) is 8.65. The highest BCUT2D eigenvalue weighted by Gasteiger charge is 2.06. The van der Waals surface area contributed by atoms with Crippen LogP contribution in [0.3, 0.4) is 0 Å². The normalized spacial score (nSPS) is 11.1. The number of aromatic nitrogens is 2. The van der Waals surface area contributed by atoms with Gasteiger partial charge in [-0.05, 0) is 29.5 Å². The zero-order valence-corrected chi connectivity index (χ0v) is 12.8. The van der Waals surface area contributed by atoms with E-state index in [1.165, 1.54) is 11.1 Å². The summed E-state index contributed by atoms with van der Waals surface area (Å²) in [5.74, 6) is 3.16. The Labute approximate surface area is 126 Å². The Balaban J connectivity index is 1.69. The fourth-order valence-corrected chi connectivity index (χ4v) is 3.76. The van der Waals surface area contributed by atoms with Gasteiger partial charge in [-0.3, -0.25) is 0 Å². The lowest BCUT2D eigenvalue weighted by Crippen LogP contribution is -1.98. The Morgan fingerprint density at radius 1 is 1.15 bits per heavy atom. The molecule has 3 rings (SSSR count). The zero-order chi connectivity index (χ0) is 13.9. The number of benzene rings is 1. The van der Waals surface area contributed by atoms with Crippen molar-refractivity contribution < 1.29 is 0 Å². The predicted molar refractivity (Wildman–Crippen MR) is 88.0 cm³/mol. The maximum absolute atomic E-state index is 5.95. The van der Waals surface area contributed by atoms with Gasteiger partial charge < -0.3 is 5.73 Å². The summed E-state index contributed by atoms with van der Waals surface area (Å²) < 4.78 is 0. The lowest BCUT2D eigenvalue weighted by atomic mass is 10.1. The maximum atomic E-state index is 5.95. The molecule has 0 atom stereocenters. The summed E-state index contributed by atoms with van der Waals surface area (Å²) in [5, 5.41) is 2.96. The molecule has 20 heavy (non-hydrogen) atoms. The molecule has 0 spiro atoms. The maximum Gasteiger partial charge on any atom is 0.142 e. The van der Waals surface area contributed by atoms with Crippen molar-refractivity contribution in [3.8, 4) is 0 Å². The monoisotopic (exact) mass is 301 g/mol. The SMILES string of the molecule is Cc1ccccc1CSCc1nc(N)c2ccsc2n1. The number of hydrogen-bond acceptors (Lipinski definition) is 5. The van der Waals surface area contributed by atoms with Gasteiger partial charge in [0.2, 0.25) is 0 Å². The molecule has 2 heterocycles. The molecule has 0 aliphatic rings. The minimum atomic E-state index is 0.586. The van der Waals surface area contributed by atoms with Crippen LogP contribution in [0.1, 0.15) is 17.0 Å². The first-order valence-electron chi connectivity index (χ1n) is 6.36. The topological polar surface area (TPSA) is 51.8 Å². The number of thioether (sulfide) groups is 1. The minimum Gasteiger partial charge on any atom is -0.383 e. The largest absolute Gasteiger partial charge is 0.383 e. The van der Waals surface area contributed by atoms with Crippen LogP contribution in [-0.2, 0) is 11.5 Å². The molecule has 0 bridgehead atoms. The second-order valence-corrected chi connectivity index (χ2v) is 6.46. The molecule has 0 saturated carbocycles. The van der Waals surface area contributed by atoms with Gasteiger partial charge in [0.05, 0.1) is 11.1 Å². The Bertz CT molecular complexity index is 737. The van der Waals surface area contributed by atoms with Crippen LogP contribution in [0.2, 0.25) is 0 Å². The van der Waals surface area contributed by atoms with E-state index in [2.05, 4.69) is 41.2 Å². The lowest BCUT2D eigenvalue weighted by molar-refractivity contribution is 1.08. The van der Waals surface area contributed by atoms with Gasteiger partial charge in [-0.25, -0.2) is 9.97 Å². The van der Waals surface area contributed by atoms with Gasteiger partial charge in [0.15, 0.2) is 0 Å². The molecule has 2 N–H and O–H groups in total. The van der Waals surface area contributed by atoms with Gasteiger partial charge in [-0.15, -0.1) is 23.1 Å². The van der Waals surface area contributed by atoms with Crippen LogP contribution in [0.25, 0.3) is 10.2 Å². The molecule has 0 saturated heterocycles. The molecule has 0 aliphatic heterocycles. The number of nitrogens with zero attached hydrogens (tertiary/aromatic N) is 2. The van der Waals surface area contributed by atoms with E-state index in [4.69, 9.17) is 5.73 Å². The smallest absolute Gasteiger partial charge is 0.142 e. The molecule has 1 aromatic carbocycles. The van der Waals surface area contributed by atoms with E-state index in [1.54, 1.807) is 11.3 Å². The molecule has 0 unspecified atom stereocenters. The highest BCUT2D eigenvalue weighted by atomic mass is 32.2. The van der Waals surface area contributed by atoms with E-state index in [9.17, 15) is 0 Å². The summed E-state index contributed by atoms with van der Waals surface area (Å²) in [6, 6.07) is 10.4. The molecular weight excluding hydrogens is 286 g/mol. The van der Waals surface area contributed by atoms with E-state index in [1.807, 2.05) is 23.2 Å².